The number of imidazole rings is 1. The highest BCUT2D eigenvalue weighted by atomic mass is 16.4. The third kappa shape index (κ3) is 5.38. The Morgan fingerprint density at radius 2 is 2.10 bits per heavy atom. The van der Waals surface area contributed by atoms with E-state index in [9.17, 15) is 14.4 Å². The van der Waals surface area contributed by atoms with Gasteiger partial charge in [0.2, 0.25) is 5.91 Å². The van der Waals surface area contributed by atoms with Crippen LogP contribution in [0.2, 0.25) is 0 Å². The summed E-state index contributed by atoms with van der Waals surface area (Å²) in [6.45, 7) is 2.24. The van der Waals surface area contributed by atoms with Gasteiger partial charge in [-0.1, -0.05) is 0 Å². The van der Waals surface area contributed by atoms with Crippen LogP contribution in [0, 0.1) is 0 Å². The van der Waals surface area contributed by atoms with Crippen LogP contribution in [0.3, 0.4) is 0 Å². The molecule has 0 bridgehead atoms. The second-order valence-electron chi connectivity index (χ2n) is 4.34. The van der Waals surface area contributed by atoms with E-state index in [0.717, 1.165) is 0 Å². The minimum atomic E-state index is -1.34. The lowest BCUT2D eigenvalue weighted by Gasteiger charge is -2.17. The lowest BCUT2D eigenvalue weighted by atomic mass is 10.2. The molecule has 1 rings (SSSR count). The van der Waals surface area contributed by atoms with Crippen LogP contribution >= 0.6 is 0 Å². The molecule has 5 N–H and O–H groups in total. The molecule has 0 aliphatic carbocycles. The molecule has 1 unspecified atom stereocenters. The summed E-state index contributed by atoms with van der Waals surface area (Å²) in [5.41, 5.74) is 4.91. The lowest BCUT2D eigenvalue weighted by molar-refractivity contribution is -0.140. The number of nitrogens with two attached hydrogens (primary N) is 1. The number of carbonyl (C=O) groups excluding carboxylic acids is 2. The minimum Gasteiger partial charge on any atom is -0.480 e. The molecule has 0 aromatic carbocycles. The first kappa shape index (κ1) is 15.5. The zero-order valence-electron chi connectivity index (χ0n) is 10.9. The first-order chi connectivity index (χ1) is 9.38. The molecule has 3 amide bonds. The van der Waals surface area contributed by atoms with Gasteiger partial charge in [-0.25, -0.2) is 14.6 Å². The molecule has 1 aromatic heterocycles. The molecule has 0 saturated heterocycles. The molecule has 1 heterocycles. The molecule has 9 heteroatoms. The van der Waals surface area contributed by atoms with Gasteiger partial charge in [0.15, 0.2) is 0 Å². The van der Waals surface area contributed by atoms with Crippen LogP contribution in [0.4, 0.5) is 4.79 Å². The number of nitrogens with one attached hydrogen (secondary N) is 2. The Bertz CT molecular complexity index is 473. The second-order valence-corrected chi connectivity index (χ2v) is 4.34. The summed E-state index contributed by atoms with van der Waals surface area (Å²) >= 11 is 0. The Morgan fingerprint density at radius 1 is 1.40 bits per heavy atom. The van der Waals surface area contributed by atoms with E-state index in [1.807, 2.05) is 0 Å². The third-order valence-electron chi connectivity index (χ3n) is 2.43. The second kappa shape index (κ2) is 7.12. The number of rotatable bonds is 7. The Balaban J connectivity index is 2.44. The van der Waals surface area contributed by atoms with Crippen molar-refractivity contribution in [3.05, 3.63) is 18.7 Å². The highest BCUT2D eigenvalue weighted by molar-refractivity contribution is 5.87. The maximum Gasteiger partial charge on any atom is 0.326 e. The maximum atomic E-state index is 11.6. The SMILES string of the molecule is CC(Cn1ccnc1)NC(=O)N[C@H](CC(N)=O)C(=O)O. The summed E-state index contributed by atoms with van der Waals surface area (Å²) in [7, 11) is 0. The van der Waals surface area contributed by atoms with E-state index < -0.39 is 30.4 Å². The van der Waals surface area contributed by atoms with Crippen LogP contribution in [0.5, 0.6) is 0 Å². The number of hydrogen-bond acceptors (Lipinski definition) is 4. The van der Waals surface area contributed by atoms with Crippen LogP contribution < -0.4 is 16.4 Å². The summed E-state index contributed by atoms with van der Waals surface area (Å²) < 4.78 is 1.77. The standard InChI is InChI=1S/C11H17N5O4/c1-7(5-16-3-2-13-6-16)14-11(20)15-8(10(18)19)4-9(12)17/h2-3,6-8H,4-5H2,1H3,(H2,12,17)(H,18,19)(H2,14,15,20)/t7?,8-/m1/s1. The van der Waals surface area contributed by atoms with Gasteiger partial charge in [0.05, 0.1) is 12.7 Å². The Morgan fingerprint density at radius 3 is 2.60 bits per heavy atom. The van der Waals surface area contributed by atoms with Gasteiger partial charge in [0.1, 0.15) is 6.04 Å². The summed E-state index contributed by atoms with van der Waals surface area (Å²) in [5, 5.41) is 13.6. The monoisotopic (exact) mass is 283 g/mol. The number of primary amides is 1. The molecule has 9 nitrogen and oxygen atoms in total. The average molecular weight is 283 g/mol. The Hall–Kier alpha value is -2.58. The van der Waals surface area contributed by atoms with Crippen molar-refractivity contribution in [1.82, 2.24) is 20.2 Å². The van der Waals surface area contributed by atoms with Crippen molar-refractivity contribution < 1.29 is 19.5 Å². The summed E-state index contributed by atoms with van der Waals surface area (Å²) in [6.07, 6.45) is 4.49. The molecule has 0 spiro atoms. The van der Waals surface area contributed by atoms with Gasteiger partial charge in [0.25, 0.3) is 0 Å². The largest absolute Gasteiger partial charge is 0.480 e. The van der Waals surface area contributed by atoms with Crippen LogP contribution in [-0.2, 0) is 16.1 Å². The fraction of sp³-hybridized carbons (Fsp3) is 0.455. The van der Waals surface area contributed by atoms with Crippen LogP contribution in [-0.4, -0.2) is 44.6 Å². The number of urea groups is 1. The van der Waals surface area contributed by atoms with E-state index in [0.29, 0.717) is 6.54 Å². The lowest BCUT2D eigenvalue weighted by Crippen LogP contribution is -2.50. The quantitative estimate of drug-likeness (QED) is 0.503. The van der Waals surface area contributed by atoms with Gasteiger partial charge in [0, 0.05) is 25.0 Å². The average Bonchev–Trinajstić information content (AvgIpc) is 2.79. The van der Waals surface area contributed by atoms with Crippen LogP contribution in [0.1, 0.15) is 13.3 Å². The van der Waals surface area contributed by atoms with Crippen molar-refractivity contribution in [1.29, 1.82) is 0 Å². The van der Waals surface area contributed by atoms with E-state index in [4.69, 9.17) is 10.8 Å². The number of hydrogen-bond donors (Lipinski definition) is 4. The molecule has 0 radical (unpaired) electrons. The first-order valence-corrected chi connectivity index (χ1v) is 5.92. The highest BCUT2D eigenvalue weighted by Crippen LogP contribution is 1.94. The van der Waals surface area contributed by atoms with E-state index >= 15 is 0 Å². The summed E-state index contributed by atoms with van der Waals surface area (Å²) in [4.78, 5) is 37.0. The Labute approximate surface area is 115 Å². The van der Waals surface area contributed by atoms with Gasteiger partial charge in [-0.3, -0.25) is 4.79 Å². The summed E-state index contributed by atoms with van der Waals surface area (Å²) in [6, 6.07) is -2.26. The van der Waals surface area contributed by atoms with Crippen molar-refractivity contribution in [2.24, 2.45) is 5.73 Å². The van der Waals surface area contributed by atoms with Crippen molar-refractivity contribution in [3.63, 3.8) is 0 Å². The fourth-order valence-corrected chi connectivity index (χ4v) is 1.58. The van der Waals surface area contributed by atoms with Crippen molar-refractivity contribution in [3.8, 4) is 0 Å². The van der Waals surface area contributed by atoms with Gasteiger partial charge in [-0.2, -0.15) is 0 Å². The highest BCUT2D eigenvalue weighted by Gasteiger charge is 2.22. The van der Waals surface area contributed by atoms with E-state index in [1.165, 1.54) is 0 Å². The van der Waals surface area contributed by atoms with Gasteiger partial charge >= 0.3 is 12.0 Å². The van der Waals surface area contributed by atoms with Gasteiger partial charge in [-0.15, -0.1) is 0 Å². The van der Waals surface area contributed by atoms with E-state index in [2.05, 4.69) is 15.6 Å². The molecule has 20 heavy (non-hydrogen) atoms. The van der Waals surface area contributed by atoms with Crippen molar-refractivity contribution in [2.75, 3.05) is 0 Å². The predicted molar refractivity (Wildman–Crippen MR) is 68.6 cm³/mol. The number of aromatic nitrogens is 2. The van der Waals surface area contributed by atoms with E-state index in [-0.39, 0.29) is 6.04 Å². The molecule has 1 aromatic rings. The van der Waals surface area contributed by atoms with Crippen LogP contribution in [0.15, 0.2) is 18.7 Å². The van der Waals surface area contributed by atoms with Crippen molar-refractivity contribution in [2.45, 2.75) is 32.0 Å². The minimum absolute atomic E-state index is 0.243. The first-order valence-electron chi connectivity index (χ1n) is 5.92. The topological polar surface area (TPSA) is 139 Å². The number of nitrogens with zero attached hydrogens (tertiary/aromatic N) is 2. The molecular weight excluding hydrogens is 266 g/mol. The molecule has 2 atom stereocenters. The molecule has 0 aliphatic heterocycles. The normalized spacial score (nSPS) is 13.2. The number of carbonyl (C=O) groups is 3. The smallest absolute Gasteiger partial charge is 0.326 e. The number of carboxylic acids is 1. The Kier molecular flexibility index (Phi) is 5.51. The molecule has 110 valence electrons. The molecule has 0 saturated carbocycles. The number of carboxylic acid groups (broad SMARTS) is 1. The van der Waals surface area contributed by atoms with E-state index in [1.54, 1.807) is 30.2 Å². The number of amides is 3. The maximum absolute atomic E-state index is 11.6. The third-order valence-corrected chi connectivity index (χ3v) is 2.43. The zero-order chi connectivity index (χ0) is 15.1. The number of aliphatic carboxylic acids is 1. The summed E-state index contributed by atoms with van der Waals surface area (Å²) in [5.74, 6) is -2.12. The molecule has 0 fully saturated rings. The zero-order valence-corrected chi connectivity index (χ0v) is 10.9. The molecule has 0 aliphatic rings. The van der Waals surface area contributed by atoms with Gasteiger partial charge in [-0.05, 0) is 6.92 Å². The molecular formula is C11H17N5O4. The van der Waals surface area contributed by atoms with Gasteiger partial charge < -0.3 is 26.0 Å². The fourth-order valence-electron chi connectivity index (χ4n) is 1.58. The van der Waals surface area contributed by atoms with Crippen molar-refractivity contribution >= 4 is 17.9 Å². The predicted octanol–water partition coefficient (Wildman–Crippen LogP) is -1.10. The van der Waals surface area contributed by atoms with Crippen LogP contribution in [0.25, 0.3) is 0 Å².